The molecule has 10 heteroatoms. The van der Waals surface area contributed by atoms with E-state index >= 15 is 0 Å². The Morgan fingerprint density at radius 1 is 0.980 bits per heavy atom. The number of methoxy groups -OCH3 is 1. The minimum absolute atomic E-state index is 0.0934. The van der Waals surface area contributed by atoms with Crippen molar-refractivity contribution in [3.63, 3.8) is 0 Å². The van der Waals surface area contributed by atoms with Crippen molar-refractivity contribution < 1.29 is 19.1 Å². The molecular weight excluding hydrogens is 628 g/mol. The molecule has 10 nitrogen and oxygen atoms in total. The number of rotatable bonds is 11. The van der Waals surface area contributed by atoms with E-state index in [2.05, 4.69) is 45.2 Å². The van der Waals surface area contributed by atoms with Crippen LogP contribution >= 0.6 is 0 Å². The van der Waals surface area contributed by atoms with E-state index in [0.29, 0.717) is 24.4 Å². The number of nitrogens with zero attached hydrogens (tertiary/aromatic N) is 6. The van der Waals surface area contributed by atoms with Crippen LogP contribution in [0.2, 0.25) is 0 Å². The first-order valence-electron chi connectivity index (χ1n) is 18.8. The van der Waals surface area contributed by atoms with E-state index in [1.807, 2.05) is 51.1 Å². The van der Waals surface area contributed by atoms with Crippen molar-refractivity contribution in [2.24, 2.45) is 11.8 Å². The van der Waals surface area contributed by atoms with Gasteiger partial charge in [0.1, 0.15) is 12.4 Å². The highest BCUT2D eigenvalue weighted by Crippen LogP contribution is 2.38. The molecule has 1 saturated heterocycles. The van der Waals surface area contributed by atoms with E-state index in [-0.39, 0.29) is 30.6 Å². The van der Waals surface area contributed by atoms with Gasteiger partial charge in [-0.3, -0.25) is 14.5 Å². The third-order valence-corrected chi connectivity index (χ3v) is 11.3. The highest BCUT2D eigenvalue weighted by atomic mass is 16.6. The van der Waals surface area contributed by atoms with Gasteiger partial charge in [0.05, 0.1) is 25.0 Å². The van der Waals surface area contributed by atoms with E-state index in [9.17, 15) is 9.59 Å². The first-order chi connectivity index (χ1) is 24.2. The Balaban J connectivity index is 1.11. The second kappa shape index (κ2) is 16.4. The molecule has 0 N–H and O–H groups in total. The third kappa shape index (κ3) is 8.50. The molecular formula is C40H56N6O4. The highest BCUT2D eigenvalue weighted by Gasteiger charge is 2.32. The molecule has 2 atom stereocenters. The predicted molar refractivity (Wildman–Crippen MR) is 197 cm³/mol. The van der Waals surface area contributed by atoms with Crippen LogP contribution in [0.4, 0.5) is 10.5 Å². The van der Waals surface area contributed by atoms with E-state index in [0.717, 1.165) is 105 Å². The molecule has 2 aromatic heterocycles. The number of anilines is 1. The fourth-order valence-electron chi connectivity index (χ4n) is 8.07. The topological polar surface area (TPSA) is 93.0 Å². The van der Waals surface area contributed by atoms with Gasteiger partial charge in [-0.05, 0) is 109 Å². The maximum absolute atomic E-state index is 14.2. The third-order valence-electron chi connectivity index (χ3n) is 11.3. The van der Waals surface area contributed by atoms with E-state index in [1.165, 1.54) is 6.42 Å². The molecule has 1 aromatic carbocycles. The maximum Gasteiger partial charge on any atom is 0.409 e. The Morgan fingerprint density at radius 2 is 1.76 bits per heavy atom. The number of amides is 2. The van der Waals surface area contributed by atoms with Gasteiger partial charge in [-0.2, -0.15) is 5.10 Å². The molecule has 0 bridgehead atoms. The fourth-order valence-corrected chi connectivity index (χ4v) is 8.07. The zero-order valence-electron chi connectivity index (χ0n) is 30.7. The largest absolute Gasteiger partial charge is 0.495 e. The number of benzene rings is 1. The SMILES string of the molecule is COc1ccc(C2CCC(CN(C(=O)C3CCCCC3)c3cccc(-c4cnn(C(C)COC(=O)N5CCC(N(C)C)C5)c4)c3)CC2)nc1C. The van der Waals surface area contributed by atoms with Gasteiger partial charge in [-0.25, -0.2) is 4.79 Å². The molecule has 3 aromatic rings. The number of carbonyl (C=O) groups is 2. The van der Waals surface area contributed by atoms with Crippen LogP contribution in [0.5, 0.6) is 5.75 Å². The van der Waals surface area contributed by atoms with Crippen molar-refractivity contribution in [3.8, 4) is 16.9 Å². The number of carbonyl (C=O) groups excluding carboxylic acids is 2. The molecule has 2 aliphatic carbocycles. The summed E-state index contributed by atoms with van der Waals surface area (Å²) in [5.74, 6) is 2.09. The molecule has 270 valence electrons. The molecule has 3 aliphatic rings. The Kier molecular flexibility index (Phi) is 11.8. The number of likely N-dealkylation sites (tertiary alicyclic amines) is 1. The van der Waals surface area contributed by atoms with Crippen molar-refractivity contribution in [3.05, 3.63) is 60.2 Å². The van der Waals surface area contributed by atoms with Gasteiger partial charge in [0.15, 0.2) is 0 Å². The summed E-state index contributed by atoms with van der Waals surface area (Å²) in [6.45, 7) is 6.44. The van der Waals surface area contributed by atoms with Gasteiger partial charge in [-0.1, -0.05) is 31.4 Å². The average molecular weight is 685 g/mol. The predicted octanol–water partition coefficient (Wildman–Crippen LogP) is 7.48. The van der Waals surface area contributed by atoms with Crippen molar-refractivity contribution in [1.82, 2.24) is 24.6 Å². The van der Waals surface area contributed by atoms with Crippen LogP contribution in [0.25, 0.3) is 11.1 Å². The van der Waals surface area contributed by atoms with Gasteiger partial charge in [0, 0.05) is 60.7 Å². The summed E-state index contributed by atoms with van der Waals surface area (Å²) in [4.78, 5) is 37.9. The minimum atomic E-state index is -0.259. The molecule has 0 spiro atoms. The summed E-state index contributed by atoms with van der Waals surface area (Å²) in [5.41, 5.74) is 5.06. The Morgan fingerprint density at radius 3 is 2.46 bits per heavy atom. The number of aromatic nitrogens is 3. The average Bonchev–Trinajstić information content (AvgIpc) is 3.85. The van der Waals surface area contributed by atoms with Gasteiger partial charge < -0.3 is 24.2 Å². The van der Waals surface area contributed by atoms with Crippen LogP contribution in [-0.2, 0) is 9.53 Å². The molecule has 6 rings (SSSR count). The number of pyridine rings is 1. The smallest absolute Gasteiger partial charge is 0.409 e. The summed E-state index contributed by atoms with van der Waals surface area (Å²) in [5, 5.41) is 4.64. The van der Waals surface area contributed by atoms with Gasteiger partial charge in [-0.15, -0.1) is 0 Å². The minimum Gasteiger partial charge on any atom is -0.495 e. The summed E-state index contributed by atoms with van der Waals surface area (Å²) in [6.07, 6.45) is 14.3. The van der Waals surface area contributed by atoms with E-state index in [1.54, 1.807) is 12.0 Å². The quantitative estimate of drug-likeness (QED) is 0.207. The number of hydrogen-bond donors (Lipinski definition) is 0. The van der Waals surface area contributed by atoms with E-state index in [4.69, 9.17) is 14.5 Å². The van der Waals surface area contributed by atoms with Gasteiger partial charge in [0.2, 0.25) is 5.91 Å². The maximum atomic E-state index is 14.2. The van der Waals surface area contributed by atoms with Crippen molar-refractivity contribution in [1.29, 1.82) is 0 Å². The van der Waals surface area contributed by atoms with Crippen LogP contribution in [0.3, 0.4) is 0 Å². The summed E-state index contributed by atoms with van der Waals surface area (Å²) < 4.78 is 13.0. The summed E-state index contributed by atoms with van der Waals surface area (Å²) >= 11 is 0. The van der Waals surface area contributed by atoms with Gasteiger partial charge >= 0.3 is 6.09 Å². The first kappa shape index (κ1) is 35.9. The first-order valence-corrected chi connectivity index (χ1v) is 18.8. The lowest BCUT2D eigenvalue weighted by Crippen LogP contribution is -2.41. The molecule has 2 amide bonds. The second-order valence-corrected chi connectivity index (χ2v) is 15.1. The normalized spacial score (nSPS) is 22.0. The lowest BCUT2D eigenvalue weighted by Gasteiger charge is -2.35. The summed E-state index contributed by atoms with van der Waals surface area (Å²) in [7, 11) is 5.79. The van der Waals surface area contributed by atoms with Crippen LogP contribution in [0, 0.1) is 18.8 Å². The molecule has 0 radical (unpaired) electrons. The van der Waals surface area contributed by atoms with Gasteiger partial charge in [0.25, 0.3) is 0 Å². The van der Waals surface area contributed by atoms with Crippen molar-refractivity contribution in [2.45, 2.75) is 96.1 Å². The molecule has 1 aliphatic heterocycles. The lowest BCUT2D eigenvalue weighted by atomic mass is 9.79. The molecule has 3 fully saturated rings. The molecule has 2 saturated carbocycles. The lowest BCUT2D eigenvalue weighted by molar-refractivity contribution is -0.123. The summed E-state index contributed by atoms with van der Waals surface area (Å²) in [6, 6.07) is 12.8. The van der Waals surface area contributed by atoms with Crippen LogP contribution in [0.15, 0.2) is 48.8 Å². The van der Waals surface area contributed by atoms with Crippen LogP contribution in [-0.4, -0.2) is 90.1 Å². The number of likely N-dealkylation sites (N-methyl/N-ethyl adjacent to an activating group) is 1. The Labute approximate surface area is 298 Å². The Bertz CT molecular complexity index is 1590. The monoisotopic (exact) mass is 684 g/mol. The van der Waals surface area contributed by atoms with Crippen molar-refractivity contribution >= 4 is 17.7 Å². The van der Waals surface area contributed by atoms with Crippen LogP contribution < -0.4 is 9.64 Å². The number of ether oxygens (including phenoxy) is 2. The van der Waals surface area contributed by atoms with E-state index < -0.39 is 0 Å². The zero-order valence-corrected chi connectivity index (χ0v) is 30.7. The zero-order chi connectivity index (χ0) is 35.2. The number of aryl methyl sites for hydroxylation is 1. The standard InChI is InChI=1S/C40H56N6O4/c1-28(27-50-40(48)44-21-20-36(26-44)43(3)4)46-25-34(23-41-46)33-12-9-13-35(22-33)45(39(47)32-10-7-6-8-11-32)24-30-14-16-31(17-15-30)37-18-19-38(49-5)29(2)42-37/h9,12-13,18-19,22-23,25,28,30-32,36H,6-8,10-11,14-17,20-21,24,26-27H2,1-5H3. The fraction of sp³-hybridized carbons (Fsp3) is 0.600. The second-order valence-electron chi connectivity index (χ2n) is 15.1. The van der Waals surface area contributed by atoms with Crippen molar-refractivity contribution in [2.75, 3.05) is 52.3 Å². The molecule has 3 heterocycles. The number of hydrogen-bond acceptors (Lipinski definition) is 7. The van der Waals surface area contributed by atoms with Crippen LogP contribution in [0.1, 0.15) is 94.5 Å². The highest BCUT2D eigenvalue weighted by molar-refractivity contribution is 5.95. The Hall–Kier alpha value is -3.92. The molecule has 50 heavy (non-hydrogen) atoms. The molecule has 2 unspecified atom stereocenters.